The summed E-state index contributed by atoms with van der Waals surface area (Å²) in [5.74, 6) is 0.418. The van der Waals surface area contributed by atoms with Gasteiger partial charge in [0.1, 0.15) is 0 Å². The first-order chi connectivity index (χ1) is 9.16. The molecule has 0 aromatic heterocycles. The van der Waals surface area contributed by atoms with Gasteiger partial charge < -0.3 is 4.90 Å². The van der Waals surface area contributed by atoms with Crippen LogP contribution in [0.3, 0.4) is 0 Å². The minimum atomic E-state index is 0.0356. The minimum Gasteiger partial charge on any atom is -0.307 e. The first kappa shape index (κ1) is 12.2. The van der Waals surface area contributed by atoms with Gasteiger partial charge in [-0.25, -0.2) is 0 Å². The van der Waals surface area contributed by atoms with Crippen molar-refractivity contribution in [1.82, 2.24) is 0 Å². The Kier molecular flexibility index (Phi) is 3.03. The van der Waals surface area contributed by atoms with E-state index in [1.54, 1.807) is 24.3 Å². The van der Waals surface area contributed by atoms with Crippen LogP contribution in [0.5, 0.6) is 0 Å². The van der Waals surface area contributed by atoms with Crippen molar-refractivity contribution in [2.75, 3.05) is 11.4 Å². The molecule has 1 atom stereocenters. The fourth-order valence-electron chi connectivity index (χ4n) is 2.56. The van der Waals surface area contributed by atoms with Crippen molar-refractivity contribution in [2.45, 2.75) is 12.8 Å². The summed E-state index contributed by atoms with van der Waals surface area (Å²) in [6, 6.07) is 15.1. The SMILES string of the molecule is C[C@H]1CN(C(=O)c2ccc(Cl)cc2)c2ccccc21. The molecule has 0 bridgehead atoms. The Labute approximate surface area is 117 Å². The van der Waals surface area contributed by atoms with Gasteiger partial charge in [-0.3, -0.25) is 4.79 Å². The highest BCUT2D eigenvalue weighted by Gasteiger charge is 2.29. The van der Waals surface area contributed by atoms with Crippen molar-refractivity contribution >= 4 is 23.2 Å². The Morgan fingerprint density at radius 1 is 1.16 bits per heavy atom. The van der Waals surface area contributed by atoms with E-state index in [4.69, 9.17) is 11.6 Å². The maximum absolute atomic E-state index is 12.5. The molecule has 1 amide bonds. The third-order valence-electron chi connectivity index (χ3n) is 3.55. The number of amides is 1. The predicted molar refractivity (Wildman–Crippen MR) is 78.0 cm³/mol. The predicted octanol–water partition coefficient (Wildman–Crippen LogP) is 4.10. The first-order valence-electron chi connectivity index (χ1n) is 6.33. The van der Waals surface area contributed by atoms with Crippen LogP contribution in [0.25, 0.3) is 0 Å². The van der Waals surface area contributed by atoms with Crippen LogP contribution < -0.4 is 4.90 Å². The standard InChI is InChI=1S/C16H14ClNO/c1-11-10-18(15-5-3-2-4-14(11)15)16(19)12-6-8-13(17)9-7-12/h2-9,11H,10H2,1H3/t11-/m0/s1. The maximum atomic E-state index is 12.5. The van der Waals surface area contributed by atoms with Crippen molar-refractivity contribution in [3.05, 3.63) is 64.7 Å². The minimum absolute atomic E-state index is 0.0356. The lowest BCUT2D eigenvalue weighted by Crippen LogP contribution is -2.29. The van der Waals surface area contributed by atoms with Gasteiger partial charge in [-0.2, -0.15) is 0 Å². The van der Waals surface area contributed by atoms with Crippen LogP contribution in [0.1, 0.15) is 28.8 Å². The fraction of sp³-hybridized carbons (Fsp3) is 0.188. The number of nitrogens with zero attached hydrogens (tertiary/aromatic N) is 1. The second-order valence-electron chi connectivity index (χ2n) is 4.88. The van der Waals surface area contributed by atoms with Crippen LogP contribution in [0.4, 0.5) is 5.69 Å². The molecule has 0 saturated heterocycles. The van der Waals surface area contributed by atoms with E-state index in [-0.39, 0.29) is 5.91 Å². The fourth-order valence-corrected chi connectivity index (χ4v) is 2.69. The largest absolute Gasteiger partial charge is 0.307 e. The topological polar surface area (TPSA) is 20.3 Å². The lowest BCUT2D eigenvalue weighted by molar-refractivity contribution is 0.0988. The van der Waals surface area contributed by atoms with E-state index in [9.17, 15) is 4.79 Å². The normalized spacial score (nSPS) is 17.4. The molecule has 0 fully saturated rings. The molecule has 1 aliphatic heterocycles. The van der Waals surface area contributed by atoms with Crippen molar-refractivity contribution in [2.24, 2.45) is 0 Å². The second kappa shape index (κ2) is 4.71. The number of fused-ring (bicyclic) bond motifs is 1. The van der Waals surface area contributed by atoms with Crippen molar-refractivity contribution in [3.63, 3.8) is 0 Å². The second-order valence-corrected chi connectivity index (χ2v) is 5.32. The molecule has 2 aromatic carbocycles. The van der Waals surface area contributed by atoms with E-state index >= 15 is 0 Å². The molecule has 3 rings (SSSR count). The summed E-state index contributed by atoms with van der Waals surface area (Å²) < 4.78 is 0. The third-order valence-corrected chi connectivity index (χ3v) is 3.80. The Hall–Kier alpha value is -1.80. The van der Waals surface area contributed by atoms with Crippen LogP contribution in [-0.2, 0) is 0 Å². The number of carbonyl (C=O) groups excluding carboxylic acids is 1. The molecule has 2 aromatic rings. The summed E-state index contributed by atoms with van der Waals surface area (Å²) in [7, 11) is 0. The molecule has 0 saturated carbocycles. The van der Waals surface area contributed by atoms with Crippen LogP contribution in [0.15, 0.2) is 48.5 Å². The molecular weight excluding hydrogens is 258 g/mol. The van der Waals surface area contributed by atoms with Crippen LogP contribution in [-0.4, -0.2) is 12.5 Å². The van der Waals surface area contributed by atoms with Gasteiger partial charge in [-0.05, 0) is 35.9 Å². The van der Waals surface area contributed by atoms with Gasteiger partial charge in [0.25, 0.3) is 5.91 Å². The van der Waals surface area contributed by atoms with E-state index in [0.717, 1.165) is 12.2 Å². The Bertz CT molecular complexity index is 621. The summed E-state index contributed by atoms with van der Waals surface area (Å²) in [5, 5.41) is 0.645. The molecule has 3 heteroatoms. The smallest absolute Gasteiger partial charge is 0.258 e. The lowest BCUT2D eigenvalue weighted by atomic mass is 10.0. The Morgan fingerprint density at radius 3 is 2.58 bits per heavy atom. The zero-order valence-electron chi connectivity index (χ0n) is 10.6. The molecule has 0 spiro atoms. The first-order valence-corrected chi connectivity index (χ1v) is 6.71. The number of benzene rings is 2. The van der Waals surface area contributed by atoms with Crippen LogP contribution in [0, 0.1) is 0 Å². The summed E-state index contributed by atoms with van der Waals surface area (Å²) in [4.78, 5) is 14.4. The summed E-state index contributed by atoms with van der Waals surface area (Å²) in [6.45, 7) is 2.88. The number of hydrogen-bond donors (Lipinski definition) is 0. The lowest BCUT2D eigenvalue weighted by Gasteiger charge is -2.17. The summed E-state index contributed by atoms with van der Waals surface area (Å²) >= 11 is 5.86. The zero-order valence-corrected chi connectivity index (χ0v) is 11.4. The number of anilines is 1. The molecule has 1 aliphatic rings. The number of hydrogen-bond acceptors (Lipinski definition) is 1. The van der Waals surface area contributed by atoms with E-state index in [2.05, 4.69) is 13.0 Å². The average molecular weight is 272 g/mol. The van der Waals surface area contributed by atoms with Gasteiger partial charge in [-0.1, -0.05) is 36.7 Å². The van der Waals surface area contributed by atoms with Crippen molar-refractivity contribution in [1.29, 1.82) is 0 Å². The van der Waals surface area contributed by atoms with E-state index in [0.29, 0.717) is 16.5 Å². The van der Waals surface area contributed by atoms with Crippen LogP contribution >= 0.6 is 11.6 Å². The van der Waals surface area contributed by atoms with Gasteiger partial charge in [0.05, 0.1) is 0 Å². The van der Waals surface area contributed by atoms with Gasteiger partial charge in [0.2, 0.25) is 0 Å². The molecular formula is C16H14ClNO. The average Bonchev–Trinajstić information content (AvgIpc) is 2.77. The monoisotopic (exact) mass is 271 g/mol. The number of rotatable bonds is 1. The van der Waals surface area contributed by atoms with E-state index in [1.165, 1.54) is 5.56 Å². The highest BCUT2D eigenvalue weighted by atomic mass is 35.5. The molecule has 0 N–H and O–H groups in total. The zero-order chi connectivity index (χ0) is 13.4. The molecule has 0 unspecified atom stereocenters. The van der Waals surface area contributed by atoms with Gasteiger partial charge in [0.15, 0.2) is 0 Å². The number of halogens is 1. The highest BCUT2D eigenvalue weighted by molar-refractivity contribution is 6.30. The number of para-hydroxylation sites is 1. The van der Waals surface area contributed by atoms with E-state index < -0.39 is 0 Å². The van der Waals surface area contributed by atoms with Crippen molar-refractivity contribution in [3.8, 4) is 0 Å². The molecule has 0 radical (unpaired) electrons. The molecule has 1 heterocycles. The summed E-state index contributed by atoms with van der Waals surface area (Å²) in [5.41, 5.74) is 2.94. The van der Waals surface area contributed by atoms with Gasteiger partial charge in [0, 0.05) is 28.7 Å². The van der Waals surface area contributed by atoms with Gasteiger partial charge >= 0.3 is 0 Å². The van der Waals surface area contributed by atoms with Crippen molar-refractivity contribution < 1.29 is 4.79 Å². The summed E-state index contributed by atoms with van der Waals surface area (Å²) in [6.07, 6.45) is 0. The number of carbonyl (C=O) groups is 1. The Morgan fingerprint density at radius 2 is 1.84 bits per heavy atom. The Balaban J connectivity index is 1.96. The van der Waals surface area contributed by atoms with Crippen LogP contribution in [0.2, 0.25) is 5.02 Å². The van der Waals surface area contributed by atoms with Gasteiger partial charge in [-0.15, -0.1) is 0 Å². The highest BCUT2D eigenvalue weighted by Crippen LogP contribution is 2.36. The molecule has 96 valence electrons. The quantitative estimate of drug-likeness (QED) is 0.764. The maximum Gasteiger partial charge on any atom is 0.258 e. The molecule has 2 nitrogen and oxygen atoms in total. The molecule has 0 aliphatic carbocycles. The molecule has 19 heavy (non-hydrogen) atoms. The third kappa shape index (κ3) is 2.13. The van der Waals surface area contributed by atoms with E-state index in [1.807, 2.05) is 23.1 Å².